The molecule has 1 aromatic heterocycles. The highest BCUT2D eigenvalue weighted by molar-refractivity contribution is 5.96. The van der Waals surface area contributed by atoms with Crippen molar-refractivity contribution in [3.05, 3.63) is 83.7 Å². The van der Waals surface area contributed by atoms with Crippen LogP contribution in [-0.4, -0.2) is 70.0 Å². The minimum atomic E-state index is -4.64. The lowest BCUT2D eigenvalue weighted by atomic mass is 10.1. The highest BCUT2D eigenvalue weighted by Gasteiger charge is 2.36. The fourth-order valence-corrected chi connectivity index (χ4v) is 3.77. The van der Waals surface area contributed by atoms with E-state index >= 15 is 0 Å². The van der Waals surface area contributed by atoms with Gasteiger partial charge in [-0.15, -0.1) is 0 Å². The molecule has 0 atom stereocenters. The lowest BCUT2D eigenvalue weighted by molar-refractivity contribution is -0.138. The topological polar surface area (TPSA) is 87.5 Å². The number of nitrogens with zero attached hydrogens (tertiary/aromatic N) is 4. The third kappa shape index (κ3) is 5.51. The van der Waals surface area contributed by atoms with Crippen LogP contribution in [0.25, 0.3) is 5.69 Å². The van der Waals surface area contributed by atoms with E-state index in [0.29, 0.717) is 0 Å². The standard InChI is InChI=1S/C24H22F3N5O3/c25-24(26,27)19-9-5-4-8-18(19)23(35)31-14-12-30(13-15-31)21(33)16-28-22(34)20-10-11-32(29-20)17-6-2-1-3-7-17/h1-11H,12-16H2,(H,28,34). The average molecular weight is 485 g/mol. The molecule has 1 N–H and O–H groups in total. The van der Waals surface area contributed by atoms with Gasteiger partial charge in [0.1, 0.15) is 0 Å². The molecule has 1 fully saturated rings. The van der Waals surface area contributed by atoms with E-state index in [0.717, 1.165) is 17.8 Å². The van der Waals surface area contributed by atoms with Crippen molar-refractivity contribution in [1.29, 1.82) is 0 Å². The molecule has 0 saturated carbocycles. The van der Waals surface area contributed by atoms with Crippen molar-refractivity contribution < 1.29 is 27.6 Å². The molecule has 0 radical (unpaired) electrons. The molecule has 0 aliphatic carbocycles. The molecule has 11 heteroatoms. The monoisotopic (exact) mass is 485 g/mol. The minimum absolute atomic E-state index is 0.0895. The summed E-state index contributed by atoms with van der Waals surface area (Å²) in [5.74, 6) is -1.60. The molecule has 0 bridgehead atoms. The van der Waals surface area contributed by atoms with Crippen LogP contribution in [0.4, 0.5) is 13.2 Å². The lowest BCUT2D eigenvalue weighted by Gasteiger charge is -2.35. The number of alkyl halides is 3. The Morgan fingerprint density at radius 3 is 2.17 bits per heavy atom. The number of hydrogen-bond donors (Lipinski definition) is 1. The highest BCUT2D eigenvalue weighted by Crippen LogP contribution is 2.32. The second-order valence-corrected chi connectivity index (χ2v) is 7.88. The van der Waals surface area contributed by atoms with Crippen LogP contribution in [0.3, 0.4) is 0 Å². The van der Waals surface area contributed by atoms with Gasteiger partial charge in [0.25, 0.3) is 11.8 Å². The van der Waals surface area contributed by atoms with Gasteiger partial charge in [-0.3, -0.25) is 14.4 Å². The number of hydrogen-bond acceptors (Lipinski definition) is 4. The van der Waals surface area contributed by atoms with E-state index in [1.54, 1.807) is 10.9 Å². The number of para-hydroxylation sites is 1. The molecule has 3 aromatic rings. The second kappa shape index (κ2) is 10.00. The highest BCUT2D eigenvalue weighted by atomic mass is 19.4. The van der Waals surface area contributed by atoms with E-state index in [1.165, 1.54) is 28.0 Å². The molecule has 35 heavy (non-hydrogen) atoms. The Labute approximate surface area is 198 Å². The molecule has 1 aliphatic rings. The van der Waals surface area contributed by atoms with Crippen LogP contribution < -0.4 is 5.32 Å². The molecule has 182 valence electrons. The van der Waals surface area contributed by atoms with Crippen molar-refractivity contribution in [3.8, 4) is 5.69 Å². The Balaban J connectivity index is 1.29. The number of amides is 3. The quantitative estimate of drug-likeness (QED) is 0.602. The second-order valence-electron chi connectivity index (χ2n) is 7.88. The van der Waals surface area contributed by atoms with Gasteiger partial charge in [0.2, 0.25) is 5.91 Å². The maximum absolute atomic E-state index is 13.2. The van der Waals surface area contributed by atoms with E-state index in [4.69, 9.17) is 0 Å². The Hall–Kier alpha value is -4.15. The largest absolute Gasteiger partial charge is 0.417 e. The maximum atomic E-state index is 13.2. The summed E-state index contributed by atoms with van der Waals surface area (Å²) in [5.41, 5.74) is -0.462. The Morgan fingerprint density at radius 1 is 0.857 bits per heavy atom. The Morgan fingerprint density at radius 2 is 1.49 bits per heavy atom. The fourth-order valence-electron chi connectivity index (χ4n) is 3.77. The number of nitrogens with one attached hydrogen (secondary N) is 1. The van der Waals surface area contributed by atoms with Gasteiger partial charge in [0, 0.05) is 32.4 Å². The molecule has 1 saturated heterocycles. The van der Waals surface area contributed by atoms with E-state index in [2.05, 4.69) is 10.4 Å². The first-order valence-corrected chi connectivity index (χ1v) is 10.9. The van der Waals surface area contributed by atoms with Gasteiger partial charge in [0.05, 0.1) is 23.4 Å². The van der Waals surface area contributed by atoms with Crippen molar-refractivity contribution in [2.24, 2.45) is 0 Å². The fraction of sp³-hybridized carbons (Fsp3) is 0.250. The zero-order valence-electron chi connectivity index (χ0n) is 18.5. The van der Waals surface area contributed by atoms with Crippen molar-refractivity contribution in [2.75, 3.05) is 32.7 Å². The smallest absolute Gasteiger partial charge is 0.342 e. The van der Waals surface area contributed by atoms with Crippen LogP contribution in [0.5, 0.6) is 0 Å². The number of piperazine rings is 1. The van der Waals surface area contributed by atoms with E-state index in [1.807, 2.05) is 30.3 Å². The molecule has 0 unspecified atom stereocenters. The van der Waals surface area contributed by atoms with Crippen molar-refractivity contribution in [3.63, 3.8) is 0 Å². The first-order chi connectivity index (χ1) is 16.7. The Kier molecular flexibility index (Phi) is 6.85. The molecule has 2 heterocycles. The van der Waals surface area contributed by atoms with Gasteiger partial charge >= 0.3 is 6.18 Å². The first kappa shape index (κ1) is 24.0. The summed E-state index contributed by atoms with van der Waals surface area (Å²) in [6, 6.07) is 15.4. The number of carbonyl (C=O) groups excluding carboxylic acids is 3. The van der Waals surface area contributed by atoms with Gasteiger partial charge in [-0.25, -0.2) is 4.68 Å². The molecular formula is C24H22F3N5O3. The Bertz CT molecular complexity index is 1220. The van der Waals surface area contributed by atoms with Gasteiger partial charge in [-0.05, 0) is 30.3 Å². The van der Waals surface area contributed by atoms with Crippen LogP contribution >= 0.6 is 0 Å². The van der Waals surface area contributed by atoms with Crippen LogP contribution in [0, 0.1) is 0 Å². The van der Waals surface area contributed by atoms with E-state index in [-0.39, 0.29) is 44.3 Å². The number of aromatic nitrogens is 2. The zero-order valence-corrected chi connectivity index (χ0v) is 18.5. The molecular weight excluding hydrogens is 463 g/mol. The summed E-state index contributed by atoms with van der Waals surface area (Å²) in [5, 5.41) is 6.74. The van der Waals surface area contributed by atoms with Crippen molar-refractivity contribution >= 4 is 17.7 Å². The minimum Gasteiger partial charge on any atom is -0.342 e. The number of rotatable bonds is 5. The molecule has 8 nitrogen and oxygen atoms in total. The average Bonchev–Trinajstić information content (AvgIpc) is 3.37. The van der Waals surface area contributed by atoms with Gasteiger partial charge in [-0.2, -0.15) is 18.3 Å². The summed E-state index contributed by atoms with van der Waals surface area (Å²) in [6.07, 6.45) is -3.00. The molecule has 2 aromatic carbocycles. The van der Waals surface area contributed by atoms with E-state index < -0.39 is 29.1 Å². The summed E-state index contributed by atoms with van der Waals surface area (Å²) in [7, 11) is 0. The summed E-state index contributed by atoms with van der Waals surface area (Å²) >= 11 is 0. The number of benzene rings is 2. The van der Waals surface area contributed by atoms with E-state index in [9.17, 15) is 27.6 Å². The van der Waals surface area contributed by atoms with Crippen molar-refractivity contribution in [2.45, 2.75) is 6.18 Å². The SMILES string of the molecule is O=C(NCC(=O)N1CCN(C(=O)c2ccccc2C(F)(F)F)CC1)c1ccn(-c2ccccc2)n1. The molecule has 4 rings (SSSR count). The molecule has 0 spiro atoms. The zero-order chi connectivity index (χ0) is 25.0. The predicted molar refractivity (Wildman–Crippen MR) is 120 cm³/mol. The lowest BCUT2D eigenvalue weighted by Crippen LogP contribution is -2.52. The molecule has 1 aliphatic heterocycles. The van der Waals surface area contributed by atoms with Crippen LogP contribution in [0.1, 0.15) is 26.4 Å². The third-order valence-corrected chi connectivity index (χ3v) is 5.63. The summed E-state index contributed by atoms with van der Waals surface area (Å²) in [6.45, 7) is 0.217. The van der Waals surface area contributed by atoms with Crippen LogP contribution in [0.2, 0.25) is 0 Å². The first-order valence-electron chi connectivity index (χ1n) is 10.9. The third-order valence-electron chi connectivity index (χ3n) is 5.63. The summed E-state index contributed by atoms with van der Waals surface area (Å²) in [4.78, 5) is 40.3. The predicted octanol–water partition coefficient (Wildman–Crippen LogP) is 2.61. The van der Waals surface area contributed by atoms with Crippen LogP contribution in [0.15, 0.2) is 66.9 Å². The normalized spacial score (nSPS) is 14.0. The number of carbonyl (C=O) groups is 3. The summed E-state index contributed by atoms with van der Waals surface area (Å²) < 4.78 is 41.3. The van der Waals surface area contributed by atoms with Crippen molar-refractivity contribution in [1.82, 2.24) is 24.9 Å². The number of halogens is 3. The van der Waals surface area contributed by atoms with Gasteiger partial charge in [0.15, 0.2) is 5.69 Å². The molecule has 3 amide bonds. The maximum Gasteiger partial charge on any atom is 0.417 e. The van der Waals surface area contributed by atoms with Gasteiger partial charge < -0.3 is 15.1 Å². The van der Waals surface area contributed by atoms with Gasteiger partial charge in [-0.1, -0.05) is 30.3 Å². The van der Waals surface area contributed by atoms with Crippen LogP contribution in [-0.2, 0) is 11.0 Å².